The molecule has 2 aliphatic rings. The molecule has 0 radical (unpaired) electrons. The summed E-state index contributed by atoms with van der Waals surface area (Å²) in [6.45, 7) is 0. The first-order chi connectivity index (χ1) is 7.36. The number of aldehydes is 1. The minimum atomic E-state index is -0.0807. The number of rotatable bonds is 2. The lowest BCUT2D eigenvalue weighted by molar-refractivity contribution is -0.109. The number of carbonyl (C=O) groups is 1. The number of benzene rings is 1. The lowest BCUT2D eigenvalue weighted by atomic mass is 9.83. The molecule has 1 aromatic carbocycles. The smallest absolute Gasteiger partial charge is 0.130 e. The molecule has 0 heterocycles. The van der Waals surface area contributed by atoms with E-state index in [9.17, 15) is 4.79 Å². The number of fused-ring (bicyclic) bond motifs is 1. The summed E-state index contributed by atoms with van der Waals surface area (Å²) in [5.74, 6) is 0. The fourth-order valence-electron chi connectivity index (χ4n) is 2.83. The Labute approximate surface area is 90.5 Å². The van der Waals surface area contributed by atoms with Crippen molar-refractivity contribution in [2.75, 3.05) is 0 Å². The van der Waals surface area contributed by atoms with Gasteiger partial charge in [0, 0.05) is 0 Å². The summed E-state index contributed by atoms with van der Waals surface area (Å²) in [6, 6.07) is 6.54. The third-order valence-corrected chi connectivity index (χ3v) is 3.95. The van der Waals surface area contributed by atoms with Crippen LogP contribution in [0.1, 0.15) is 42.4 Å². The van der Waals surface area contributed by atoms with E-state index < -0.39 is 0 Å². The van der Waals surface area contributed by atoms with Crippen molar-refractivity contribution in [3.63, 3.8) is 0 Å². The van der Waals surface area contributed by atoms with Crippen LogP contribution in [-0.2, 0) is 23.1 Å². The standard InChI is InChI=1S/C14H16O/c15-10-14(8-9-14)13-7-3-5-11-4-1-2-6-12(11)13/h3,5,7,10H,1-2,4,6,8-9H2. The van der Waals surface area contributed by atoms with Crippen LogP contribution in [0.2, 0.25) is 0 Å². The largest absolute Gasteiger partial charge is 0.302 e. The number of hydrogen-bond acceptors (Lipinski definition) is 1. The molecule has 1 fully saturated rings. The van der Waals surface area contributed by atoms with Gasteiger partial charge in [-0.25, -0.2) is 0 Å². The van der Waals surface area contributed by atoms with Crippen LogP contribution in [0, 0.1) is 0 Å². The van der Waals surface area contributed by atoms with E-state index in [2.05, 4.69) is 18.2 Å². The van der Waals surface area contributed by atoms with Gasteiger partial charge in [-0.15, -0.1) is 0 Å². The van der Waals surface area contributed by atoms with Crippen molar-refractivity contribution in [2.45, 2.75) is 43.9 Å². The second kappa shape index (κ2) is 3.19. The highest BCUT2D eigenvalue weighted by Crippen LogP contribution is 2.48. The molecule has 3 rings (SSSR count). The maximum absolute atomic E-state index is 11.2. The highest BCUT2D eigenvalue weighted by Gasteiger charge is 2.45. The summed E-state index contributed by atoms with van der Waals surface area (Å²) >= 11 is 0. The second-order valence-electron chi connectivity index (χ2n) is 4.92. The zero-order valence-electron chi connectivity index (χ0n) is 8.96. The molecule has 0 unspecified atom stereocenters. The predicted molar refractivity (Wildman–Crippen MR) is 60.1 cm³/mol. The average Bonchev–Trinajstić information content (AvgIpc) is 3.09. The Bertz CT molecular complexity index is 402. The number of hydrogen-bond donors (Lipinski definition) is 0. The molecule has 15 heavy (non-hydrogen) atoms. The van der Waals surface area contributed by atoms with Gasteiger partial charge in [0.1, 0.15) is 6.29 Å². The SMILES string of the molecule is O=CC1(c2cccc3c2CCCC3)CC1. The van der Waals surface area contributed by atoms with Crippen molar-refractivity contribution in [2.24, 2.45) is 0 Å². The lowest BCUT2D eigenvalue weighted by Crippen LogP contribution is -2.15. The van der Waals surface area contributed by atoms with Crippen LogP contribution in [0.25, 0.3) is 0 Å². The van der Waals surface area contributed by atoms with E-state index in [0.29, 0.717) is 0 Å². The minimum Gasteiger partial charge on any atom is -0.302 e. The lowest BCUT2D eigenvalue weighted by Gasteiger charge is -2.21. The fraction of sp³-hybridized carbons (Fsp3) is 0.500. The van der Waals surface area contributed by atoms with Crippen LogP contribution >= 0.6 is 0 Å². The fourth-order valence-corrected chi connectivity index (χ4v) is 2.83. The van der Waals surface area contributed by atoms with E-state index in [4.69, 9.17) is 0 Å². The van der Waals surface area contributed by atoms with Crippen molar-refractivity contribution >= 4 is 6.29 Å². The van der Waals surface area contributed by atoms with Gasteiger partial charge in [-0.1, -0.05) is 18.2 Å². The first kappa shape index (κ1) is 9.14. The molecule has 0 aliphatic heterocycles. The molecular formula is C14H16O. The molecule has 0 saturated heterocycles. The van der Waals surface area contributed by atoms with Crippen LogP contribution in [0.4, 0.5) is 0 Å². The van der Waals surface area contributed by atoms with Gasteiger partial charge in [-0.2, -0.15) is 0 Å². The quantitative estimate of drug-likeness (QED) is 0.671. The normalized spacial score (nSPS) is 21.9. The van der Waals surface area contributed by atoms with Gasteiger partial charge < -0.3 is 4.79 Å². The zero-order valence-corrected chi connectivity index (χ0v) is 8.96. The van der Waals surface area contributed by atoms with Gasteiger partial charge in [-0.05, 0) is 55.2 Å². The van der Waals surface area contributed by atoms with E-state index in [-0.39, 0.29) is 5.41 Å². The Kier molecular flexibility index (Phi) is 1.95. The van der Waals surface area contributed by atoms with Gasteiger partial charge in [0.05, 0.1) is 5.41 Å². The Hall–Kier alpha value is -1.11. The zero-order chi connectivity index (χ0) is 10.3. The highest BCUT2D eigenvalue weighted by molar-refractivity contribution is 5.74. The molecule has 0 atom stereocenters. The van der Waals surface area contributed by atoms with Gasteiger partial charge in [0.2, 0.25) is 0 Å². The molecule has 78 valence electrons. The van der Waals surface area contributed by atoms with E-state index in [1.54, 1.807) is 0 Å². The summed E-state index contributed by atoms with van der Waals surface area (Å²) in [4.78, 5) is 11.2. The van der Waals surface area contributed by atoms with Crippen LogP contribution < -0.4 is 0 Å². The Morgan fingerprint density at radius 1 is 1.13 bits per heavy atom. The van der Waals surface area contributed by atoms with Crippen LogP contribution in [-0.4, -0.2) is 6.29 Å². The van der Waals surface area contributed by atoms with E-state index in [0.717, 1.165) is 12.8 Å². The monoisotopic (exact) mass is 200 g/mol. The summed E-state index contributed by atoms with van der Waals surface area (Å²) in [5.41, 5.74) is 4.25. The minimum absolute atomic E-state index is 0.0807. The Morgan fingerprint density at radius 2 is 1.93 bits per heavy atom. The predicted octanol–water partition coefficient (Wildman–Crippen LogP) is 2.80. The Balaban J connectivity index is 2.11. The van der Waals surface area contributed by atoms with Crippen LogP contribution in [0.5, 0.6) is 0 Å². The van der Waals surface area contributed by atoms with Crippen molar-refractivity contribution < 1.29 is 4.79 Å². The highest BCUT2D eigenvalue weighted by atomic mass is 16.1. The molecule has 0 bridgehead atoms. The van der Waals surface area contributed by atoms with Crippen LogP contribution in [0.15, 0.2) is 18.2 Å². The molecular weight excluding hydrogens is 184 g/mol. The topological polar surface area (TPSA) is 17.1 Å². The Morgan fingerprint density at radius 3 is 2.67 bits per heavy atom. The summed E-state index contributed by atoms with van der Waals surface area (Å²) in [5, 5.41) is 0. The summed E-state index contributed by atoms with van der Waals surface area (Å²) in [6.07, 6.45) is 8.29. The van der Waals surface area contributed by atoms with Gasteiger partial charge in [0.25, 0.3) is 0 Å². The maximum atomic E-state index is 11.2. The van der Waals surface area contributed by atoms with Crippen molar-refractivity contribution in [3.8, 4) is 0 Å². The average molecular weight is 200 g/mol. The molecule has 1 saturated carbocycles. The van der Waals surface area contributed by atoms with E-state index in [1.807, 2.05) is 0 Å². The van der Waals surface area contributed by atoms with Crippen molar-refractivity contribution in [1.29, 1.82) is 0 Å². The summed E-state index contributed by atoms with van der Waals surface area (Å²) < 4.78 is 0. The van der Waals surface area contributed by atoms with E-state index in [1.165, 1.54) is 48.7 Å². The first-order valence-electron chi connectivity index (χ1n) is 5.93. The second-order valence-corrected chi connectivity index (χ2v) is 4.92. The summed E-state index contributed by atoms with van der Waals surface area (Å²) in [7, 11) is 0. The molecule has 2 aliphatic carbocycles. The molecule has 0 amide bonds. The van der Waals surface area contributed by atoms with Gasteiger partial charge in [0.15, 0.2) is 0 Å². The first-order valence-corrected chi connectivity index (χ1v) is 5.93. The molecule has 0 spiro atoms. The third-order valence-electron chi connectivity index (χ3n) is 3.95. The van der Waals surface area contributed by atoms with Crippen molar-refractivity contribution in [3.05, 3.63) is 34.9 Å². The van der Waals surface area contributed by atoms with Gasteiger partial charge >= 0.3 is 0 Å². The van der Waals surface area contributed by atoms with Gasteiger partial charge in [-0.3, -0.25) is 0 Å². The van der Waals surface area contributed by atoms with Crippen molar-refractivity contribution in [1.82, 2.24) is 0 Å². The van der Waals surface area contributed by atoms with E-state index >= 15 is 0 Å². The maximum Gasteiger partial charge on any atom is 0.130 e. The number of aryl methyl sites for hydroxylation is 1. The third kappa shape index (κ3) is 1.33. The van der Waals surface area contributed by atoms with Crippen LogP contribution in [0.3, 0.4) is 0 Å². The molecule has 1 heteroatoms. The molecule has 0 N–H and O–H groups in total. The molecule has 1 nitrogen and oxygen atoms in total. The number of carbonyl (C=O) groups excluding carboxylic acids is 1. The molecule has 0 aromatic heterocycles. The molecule has 1 aromatic rings.